The lowest BCUT2D eigenvalue weighted by molar-refractivity contribution is -0.0669. The van der Waals surface area contributed by atoms with Crippen molar-refractivity contribution in [1.29, 1.82) is 0 Å². The minimum atomic E-state index is -0.805. The van der Waals surface area contributed by atoms with Gasteiger partial charge in [-0.05, 0) is 32.6 Å². The molecule has 2 saturated heterocycles. The highest BCUT2D eigenvalue weighted by Gasteiger charge is 2.49. The summed E-state index contributed by atoms with van der Waals surface area (Å²) in [6, 6.07) is 0.800. The van der Waals surface area contributed by atoms with E-state index in [4.69, 9.17) is 0 Å². The average molecular weight is 327 g/mol. The predicted octanol–water partition coefficient (Wildman–Crippen LogP) is 2.04. The van der Waals surface area contributed by atoms with E-state index in [1.165, 1.54) is 5.56 Å². The fourth-order valence-corrected chi connectivity index (χ4v) is 4.54. The minimum absolute atomic E-state index is 0.400. The summed E-state index contributed by atoms with van der Waals surface area (Å²) < 4.78 is 3.73. The Balaban J connectivity index is 1.56. The molecule has 2 aromatic rings. The summed E-state index contributed by atoms with van der Waals surface area (Å²) in [5.41, 5.74) is 1.49. The number of hydrogen-bond donors (Lipinski definition) is 1. The normalized spacial score (nSPS) is 30.0. The molecule has 2 aliphatic rings. The van der Waals surface area contributed by atoms with Crippen LogP contribution in [0.2, 0.25) is 0 Å². The van der Waals surface area contributed by atoms with Crippen molar-refractivity contribution in [1.82, 2.24) is 24.2 Å². The van der Waals surface area contributed by atoms with E-state index >= 15 is 0 Å². The summed E-state index contributed by atoms with van der Waals surface area (Å²) in [6.45, 7) is 6.72. The van der Waals surface area contributed by atoms with E-state index in [-0.39, 0.29) is 0 Å². The number of fused-ring (bicyclic) bond motifs is 2. The number of aliphatic hydroxyl groups is 1. The standard InChI is InChI=1S/C18H25N5O/c1-4-22-11-14(13(2)20-22)12-23-15-5-6-16(23)10-18(24,9-15)17-19-7-8-21(17)3/h4,7-8,11,15-16,24H,1,5-6,9-10,12H2,2-3H3/t15-,16-/m1/s1. The molecule has 0 aliphatic carbocycles. The van der Waals surface area contributed by atoms with Gasteiger partial charge >= 0.3 is 0 Å². The van der Waals surface area contributed by atoms with Gasteiger partial charge in [-0.3, -0.25) is 4.90 Å². The molecule has 0 saturated carbocycles. The van der Waals surface area contributed by atoms with Gasteiger partial charge in [-0.2, -0.15) is 5.10 Å². The molecule has 24 heavy (non-hydrogen) atoms. The van der Waals surface area contributed by atoms with Gasteiger partial charge in [-0.1, -0.05) is 6.58 Å². The summed E-state index contributed by atoms with van der Waals surface area (Å²) in [6.07, 6.45) is 11.3. The van der Waals surface area contributed by atoms with Crippen LogP contribution in [0, 0.1) is 6.92 Å². The maximum absolute atomic E-state index is 11.2. The van der Waals surface area contributed by atoms with Gasteiger partial charge in [0.15, 0.2) is 0 Å². The van der Waals surface area contributed by atoms with Crippen LogP contribution in [-0.4, -0.2) is 41.4 Å². The van der Waals surface area contributed by atoms with Crippen molar-refractivity contribution < 1.29 is 5.11 Å². The molecule has 0 amide bonds. The smallest absolute Gasteiger partial charge is 0.140 e. The molecule has 6 nitrogen and oxygen atoms in total. The second kappa shape index (κ2) is 5.57. The second-order valence-electron chi connectivity index (χ2n) is 7.26. The van der Waals surface area contributed by atoms with Gasteiger partial charge in [-0.25, -0.2) is 9.67 Å². The summed E-state index contributed by atoms with van der Waals surface area (Å²) in [5, 5.41) is 15.7. The van der Waals surface area contributed by atoms with Gasteiger partial charge in [0.25, 0.3) is 0 Å². The Morgan fingerprint density at radius 1 is 1.38 bits per heavy atom. The van der Waals surface area contributed by atoms with E-state index in [0.29, 0.717) is 12.1 Å². The van der Waals surface area contributed by atoms with Crippen LogP contribution in [0.15, 0.2) is 25.2 Å². The SMILES string of the molecule is C=Cn1cc(CN2[C@@H]3CC[C@@H]2CC(O)(c2nccn2C)C3)c(C)n1. The molecule has 4 heterocycles. The Kier molecular flexibility index (Phi) is 3.62. The molecule has 128 valence electrons. The first-order chi connectivity index (χ1) is 11.5. The van der Waals surface area contributed by atoms with Crippen molar-refractivity contribution in [2.45, 2.75) is 56.8 Å². The molecule has 2 fully saturated rings. The van der Waals surface area contributed by atoms with E-state index in [2.05, 4.69) is 27.8 Å². The first kappa shape index (κ1) is 15.6. The highest BCUT2D eigenvalue weighted by molar-refractivity contribution is 5.24. The van der Waals surface area contributed by atoms with Crippen molar-refractivity contribution in [3.63, 3.8) is 0 Å². The van der Waals surface area contributed by atoms with Crippen LogP contribution in [0.5, 0.6) is 0 Å². The number of imidazole rings is 1. The summed E-state index contributed by atoms with van der Waals surface area (Å²) in [5.74, 6) is 0.801. The van der Waals surface area contributed by atoms with E-state index < -0.39 is 5.60 Å². The Morgan fingerprint density at radius 3 is 2.62 bits per heavy atom. The zero-order valence-corrected chi connectivity index (χ0v) is 14.4. The van der Waals surface area contributed by atoms with Crippen molar-refractivity contribution in [2.75, 3.05) is 0 Å². The lowest BCUT2D eigenvalue weighted by Crippen LogP contribution is -2.50. The molecule has 4 rings (SSSR count). The van der Waals surface area contributed by atoms with Crippen molar-refractivity contribution in [2.24, 2.45) is 7.05 Å². The van der Waals surface area contributed by atoms with Crippen LogP contribution in [0.1, 0.15) is 42.8 Å². The molecule has 2 aliphatic heterocycles. The molecule has 0 radical (unpaired) electrons. The zero-order valence-electron chi connectivity index (χ0n) is 14.4. The molecule has 2 bridgehead atoms. The van der Waals surface area contributed by atoms with Gasteiger partial charge < -0.3 is 9.67 Å². The van der Waals surface area contributed by atoms with Crippen LogP contribution in [0.3, 0.4) is 0 Å². The molecule has 0 aromatic carbocycles. The topological polar surface area (TPSA) is 59.1 Å². The van der Waals surface area contributed by atoms with Crippen LogP contribution in [-0.2, 0) is 19.2 Å². The monoisotopic (exact) mass is 327 g/mol. The summed E-state index contributed by atoms with van der Waals surface area (Å²) >= 11 is 0. The quantitative estimate of drug-likeness (QED) is 0.933. The maximum Gasteiger partial charge on any atom is 0.140 e. The van der Waals surface area contributed by atoms with Crippen molar-refractivity contribution in [3.05, 3.63) is 42.3 Å². The van der Waals surface area contributed by atoms with Gasteiger partial charge in [0, 0.05) is 56.0 Å². The zero-order chi connectivity index (χ0) is 16.9. The van der Waals surface area contributed by atoms with Crippen molar-refractivity contribution >= 4 is 6.20 Å². The first-order valence-electron chi connectivity index (χ1n) is 8.63. The van der Waals surface area contributed by atoms with Gasteiger partial charge in [0.05, 0.1) is 5.69 Å². The largest absolute Gasteiger partial charge is 0.382 e. The Hall–Kier alpha value is -1.92. The van der Waals surface area contributed by atoms with Crippen LogP contribution >= 0.6 is 0 Å². The van der Waals surface area contributed by atoms with E-state index in [1.54, 1.807) is 17.1 Å². The summed E-state index contributed by atoms with van der Waals surface area (Å²) in [7, 11) is 1.96. The molecule has 1 N–H and O–H groups in total. The van der Waals surface area contributed by atoms with Crippen LogP contribution in [0.4, 0.5) is 0 Å². The second-order valence-corrected chi connectivity index (χ2v) is 7.26. The molecular formula is C18H25N5O. The van der Waals surface area contributed by atoms with Crippen LogP contribution in [0.25, 0.3) is 6.20 Å². The average Bonchev–Trinajstić information content (AvgIpc) is 3.19. The Labute approximate surface area is 142 Å². The predicted molar refractivity (Wildman–Crippen MR) is 92.0 cm³/mol. The lowest BCUT2D eigenvalue weighted by atomic mass is 9.85. The number of aromatic nitrogens is 4. The number of nitrogens with zero attached hydrogens (tertiary/aromatic N) is 5. The molecule has 2 aromatic heterocycles. The molecular weight excluding hydrogens is 302 g/mol. The maximum atomic E-state index is 11.2. The third-order valence-electron chi connectivity index (χ3n) is 5.71. The number of aryl methyl sites for hydroxylation is 2. The van der Waals surface area contributed by atoms with E-state index in [0.717, 1.165) is 43.7 Å². The van der Waals surface area contributed by atoms with Gasteiger partial charge in [-0.15, -0.1) is 0 Å². The third-order valence-corrected chi connectivity index (χ3v) is 5.71. The summed E-state index contributed by atoms with van der Waals surface area (Å²) in [4.78, 5) is 6.97. The molecule has 6 heteroatoms. The Bertz CT molecular complexity index is 747. The fourth-order valence-electron chi connectivity index (χ4n) is 4.54. The number of piperidine rings is 1. The highest BCUT2D eigenvalue weighted by Crippen LogP contribution is 2.45. The fraction of sp³-hybridized carbons (Fsp3) is 0.556. The Morgan fingerprint density at radius 2 is 2.08 bits per heavy atom. The molecule has 0 spiro atoms. The van der Waals surface area contributed by atoms with Crippen LogP contribution < -0.4 is 0 Å². The van der Waals surface area contributed by atoms with E-state index in [9.17, 15) is 5.11 Å². The first-order valence-corrected chi connectivity index (χ1v) is 8.63. The van der Waals surface area contributed by atoms with Gasteiger partial charge in [0.1, 0.15) is 11.4 Å². The number of rotatable bonds is 4. The minimum Gasteiger partial charge on any atom is -0.382 e. The third kappa shape index (κ3) is 2.41. The number of hydrogen-bond acceptors (Lipinski definition) is 4. The lowest BCUT2D eigenvalue weighted by Gasteiger charge is -2.43. The van der Waals surface area contributed by atoms with Crippen molar-refractivity contribution in [3.8, 4) is 0 Å². The molecule has 0 unspecified atom stereocenters. The van der Waals surface area contributed by atoms with E-state index in [1.807, 2.05) is 24.7 Å². The van der Waals surface area contributed by atoms with Gasteiger partial charge in [0.2, 0.25) is 0 Å². The highest BCUT2D eigenvalue weighted by atomic mass is 16.3. The molecule has 2 atom stereocenters.